The lowest BCUT2D eigenvalue weighted by Crippen LogP contribution is -2.04. The molecule has 0 aliphatic rings. The zero-order valence-corrected chi connectivity index (χ0v) is 19.4. The van der Waals surface area contributed by atoms with Crippen molar-refractivity contribution in [2.75, 3.05) is 0 Å². The third kappa shape index (κ3) is 4.91. The van der Waals surface area contributed by atoms with Gasteiger partial charge >= 0.3 is 0 Å². The minimum absolute atomic E-state index is 0.125. The molecule has 0 aliphatic heterocycles. The van der Waals surface area contributed by atoms with Gasteiger partial charge in [0.25, 0.3) is 0 Å². The molecule has 0 radical (unpaired) electrons. The standard InChI is InChI=1S/C31H23N3O2/c35-27-19-9-7-16-24(27)29(22-12-3-1-4-13-22)33-26-18-11-21-32-31(26)34-30(23-14-5-2-6-15-23)25-17-8-10-20-28(25)36/h1-21,35-36H. The van der Waals surface area contributed by atoms with E-state index in [1.165, 1.54) is 0 Å². The lowest BCUT2D eigenvalue weighted by Gasteiger charge is -2.12. The van der Waals surface area contributed by atoms with Gasteiger partial charge in [0.1, 0.15) is 17.2 Å². The molecule has 0 spiro atoms. The zero-order valence-electron chi connectivity index (χ0n) is 19.4. The topological polar surface area (TPSA) is 78.1 Å². The molecule has 5 aromatic rings. The minimum atomic E-state index is 0.125. The largest absolute Gasteiger partial charge is 0.507 e. The van der Waals surface area contributed by atoms with Crippen molar-refractivity contribution in [3.8, 4) is 11.5 Å². The van der Waals surface area contributed by atoms with Crippen LogP contribution < -0.4 is 0 Å². The summed E-state index contributed by atoms with van der Waals surface area (Å²) in [4.78, 5) is 14.4. The van der Waals surface area contributed by atoms with Crippen LogP contribution in [-0.2, 0) is 0 Å². The van der Waals surface area contributed by atoms with E-state index in [0.717, 1.165) is 11.1 Å². The normalized spacial score (nSPS) is 11.9. The Balaban J connectivity index is 1.72. The van der Waals surface area contributed by atoms with Crippen molar-refractivity contribution in [1.29, 1.82) is 0 Å². The predicted molar refractivity (Wildman–Crippen MR) is 144 cm³/mol. The highest BCUT2D eigenvalue weighted by molar-refractivity contribution is 6.17. The quantitative estimate of drug-likeness (QED) is 0.268. The van der Waals surface area contributed by atoms with Crippen LogP contribution in [0, 0.1) is 0 Å². The summed E-state index contributed by atoms with van der Waals surface area (Å²) in [6.45, 7) is 0. The summed E-state index contributed by atoms with van der Waals surface area (Å²) in [5, 5.41) is 21.2. The molecule has 1 heterocycles. The summed E-state index contributed by atoms with van der Waals surface area (Å²) >= 11 is 0. The first kappa shape index (κ1) is 22.7. The molecule has 0 atom stereocenters. The number of rotatable bonds is 6. The number of nitrogens with zero attached hydrogens (tertiary/aromatic N) is 3. The average Bonchev–Trinajstić information content (AvgIpc) is 2.93. The molecule has 0 saturated carbocycles. The van der Waals surface area contributed by atoms with Crippen LogP contribution >= 0.6 is 0 Å². The van der Waals surface area contributed by atoms with Gasteiger partial charge in [0.05, 0.1) is 11.4 Å². The number of hydrogen-bond donors (Lipinski definition) is 2. The van der Waals surface area contributed by atoms with Crippen molar-refractivity contribution >= 4 is 22.9 Å². The van der Waals surface area contributed by atoms with Crippen LogP contribution in [0.5, 0.6) is 11.5 Å². The van der Waals surface area contributed by atoms with Gasteiger partial charge < -0.3 is 10.2 Å². The molecule has 0 amide bonds. The Bertz CT molecular complexity index is 1430. The number of para-hydroxylation sites is 2. The van der Waals surface area contributed by atoms with Crippen molar-refractivity contribution < 1.29 is 10.2 Å². The van der Waals surface area contributed by atoms with Crippen LogP contribution in [0.3, 0.4) is 0 Å². The molecular formula is C31H23N3O2. The molecule has 4 aromatic carbocycles. The molecule has 0 saturated heterocycles. The van der Waals surface area contributed by atoms with E-state index in [1.54, 1.807) is 36.5 Å². The Morgan fingerprint density at radius 2 is 0.972 bits per heavy atom. The average molecular weight is 470 g/mol. The number of phenolic OH excluding ortho intramolecular Hbond substituents is 2. The molecule has 5 heteroatoms. The van der Waals surface area contributed by atoms with Crippen molar-refractivity contribution in [2.24, 2.45) is 9.98 Å². The molecule has 5 rings (SSSR count). The third-order valence-corrected chi connectivity index (χ3v) is 5.63. The van der Waals surface area contributed by atoms with Crippen LogP contribution in [-0.4, -0.2) is 26.6 Å². The van der Waals surface area contributed by atoms with Crippen LogP contribution in [0.25, 0.3) is 0 Å². The number of phenols is 2. The van der Waals surface area contributed by atoms with E-state index in [1.807, 2.05) is 91.0 Å². The Hall–Kier alpha value is -5.03. The second-order valence-corrected chi connectivity index (χ2v) is 8.03. The molecular weight excluding hydrogens is 446 g/mol. The monoisotopic (exact) mass is 469 g/mol. The summed E-state index contributed by atoms with van der Waals surface area (Å²) in [5.41, 5.74) is 4.59. The fraction of sp³-hybridized carbons (Fsp3) is 0. The van der Waals surface area contributed by atoms with Gasteiger partial charge in [-0.1, -0.05) is 84.9 Å². The zero-order chi connectivity index (χ0) is 24.7. The van der Waals surface area contributed by atoms with E-state index in [-0.39, 0.29) is 11.5 Å². The Kier molecular flexibility index (Phi) is 6.63. The Morgan fingerprint density at radius 3 is 1.50 bits per heavy atom. The lowest BCUT2D eigenvalue weighted by atomic mass is 10.0. The number of aromatic hydroxyl groups is 2. The summed E-state index contributed by atoms with van der Waals surface area (Å²) in [6.07, 6.45) is 1.66. The molecule has 0 bridgehead atoms. The van der Waals surface area contributed by atoms with Crippen LogP contribution in [0.4, 0.5) is 11.5 Å². The predicted octanol–water partition coefficient (Wildman–Crippen LogP) is 6.83. The van der Waals surface area contributed by atoms with Gasteiger partial charge in [-0.15, -0.1) is 0 Å². The molecule has 0 unspecified atom stereocenters. The van der Waals surface area contributed by atoms with E-state index in [4.69, 9.17) is 9.98 Å². The summed E-state index contributed by atoms with van der Waals surface area (Å²) in [7, 11) is 0. The van der Waals surface area contributed by atoms with Crippen molar-refractivity contribution in [1.82, 2.24) is 4.98 Å². The molecule has 174 valence electrons. The molecule has 36 heavy (non-hydrogen) atoms. The molecule has 2 N–H and O–H groups in total. The summed E-state index contributed by atoms with van der Waals surface area (Å²) in [6, 6.07) is 37.2. The molecule has 0 fully saturated rings. The highest BCUT2D eigenvalue weighted by Gasteiger charge is 2.15. The van der Waals surface area contributed by atoms with Crippen molar-refractivity contribution in [3.05, 3.63) is 150 Å². The first-order chi connectivity index (χ1) is 17.7. The number of hydrogen-bond acceptors (Lipinski definition) is 5. The molecule has 1 aromatic heterocycles. The number of pyridine rings is 1. The van der Waals surface area contributed by atoms with Gasteiger partial charge in [0.2, 0.25) is 0 Å². The molecule has 0 aliphatic carbocycles. The maximum absolute atomic E-state index is 10.6. The maximum Gasteiger partial charge on any atom is 0.178 e. The summed E-state index contributed by atoms with van der Waals surface area (Å²) < 4.78 is 0. The number of aromatic nitrogens is 1. The fourth-order valence-electron chi connectivity index (χ4n) is 3.89. The van der Waals surface area contributed by atoms with E-state index in [2.05, 4.69) is 4.98 Å². The van der Waals surface area contributed by atoms with Crippen LogP contribution in [0.1, 0.15) is 22.3 Å². The Labute approximate surface area is 209 Å². The van der Waals surface area contributed by atoms with Crippen molar-refractivity contribution in [3.63, 3.8) is 0 Å². The number of aliphatic imine (C=N–C) groups is 2. The highest BCUT2D eigenvalue weighted by Crippen LogP contribution is 2.31. The number of benzene rings is 4. The van der Waals surface area contributed by atoms with Gasteiger partial charge in [-0.2, -0.15) is 0 Å². The van der Waals surface area contributed by atoms with Gasteiger partial charge in [-0.25, -0.2) is 15.0 Å². The minimum Gasteiger partial charge on any atom is -0.507 e. The second-order valence-electron chi connectivity index (χ2n) is 8.03. The van der Waals surface area contributed by atoms with Gasteiger partial charge in [-0.05, 0) is 36.4 Å². The van der Waals surface area contributed by atoms with Crippen LogP contribution in [0.2, 0.25) is 0 Å². The van der Waals surface area contributed by atoms with Gasteiger partial charge in [0, 0.05) is 28.5 Å². The SMILES string of the molecule is Oc1ccccc1C(=Nc1cccnc1N=C(c1ccccc1)c1ccccc1O)c1ccccc1. The smallest absolute Gasteiger partial charge is 0.178 e. The third-order valence-electron chi connectivity index (χ3n) is 5.63. The fourth-order valence-corrected chi connectivity index (χ4v) is 3.89. The van der Waals surface area contributed by atoms with E-state index < -0.39 is 0 Å². The molecule has 5 nitrogen and oxygen atoms in total. The van der Waals surface area contributed by atoms with Crippen molar-refractivity contribution in [2.45, 2.75) is 0 Å². The van der Waals surface area contributed by atoms with E-state index in [0.29, 0.717) is 34.1 Å². The Morgan fingerprint density at radius 1 is 0.500 bits per heavy atom. The summed E-state index contributed by atoms with van der Waals surface area (Å²) in [5.74, 6) is 0.650. The highest BCUT2D eigenvalue weighted by atomic mass is 16.3. The van der Waals surface area contributed by atoms with Gasteiger partial charge in [-0.3, -0.25) is 0 Å². The second kappa shape index (κ2) is 10.5. The van der Waals surface area contributed by atoms with Crippen LogP contribution in [0.15, 0.2) is 138 Å². The van der Waals surface area contributed by atoms with Gasteiger partial charge in [0.15, 0.2) is 5.82 Å². The first-order valence-electron chi connectivity index (χ1n) is 11.5. The van der Waals surface area contributed by atoms with E-state index in [9.17, 15) is 10.2 Å². The first-order valence-corrected chi connectivity index (χ1v) is 11.5. The maximum atomic E-state index is 10.6. The van der Waals surface area contributed by atoms with E-state index >= 15 is 0 Å². The lowest BCUT2D eigenvalue weighted by molar-refractivity contribution is 0.473.